The molecule has 3 rings (SSSR count). The van der Waals surface area contributed by atoms with E-state index in [2.05, 4.69) is 22.2 Å². The Bertz CT molecular complexity index is 359. The van der Waals surface area contributed by atoms with E-state index >= 15 is 0 Å². The van der Waals surface area contributed by atoms with Crippen LogP contribution in [0.2, 0.25) is 0 Å². The van der Waals surface area contributed by atoms with Gasteiger partial charge < -0.3 is 15.1 Å². The van der Waals surface area contributed by atoms with E-state index in [0.717, 1.165) is 31.7 Å². The molecule has 5 heteroatoms. The first-order valence-corrected chi connectivity index (χ1v) is 7.97. The molecule has 3 fully saturated rings. The van der Waals surface area contributed by atoms with Crippen LogP contribution in [0.25, 0.3) is 0 Å². The number of piperazine rings is 1. The van der Waals surface area contributed by atoms with Crippen molar-refractivity contribution in [1.82, 2.24) is 20.0 Å². The maximum atomic E-state index is 12.4. The number of carbonyl (C=O) groups excluding carboxylic acids is 1. The van der Waals surface area contributed by atoms with Crippen molar-refractivity contribution in [3.63, 3.8) is 0 Å². The number of nitrogens with zero attached hydrogens (tertiary/aromatic N) is 3. The predicted octanol–water partition coefficient (Wildman–Crippen LogP) is -0.0264. The predicted molar refractivity (Wildman–Crippen MR) is 79.7 cm³/mol. The lowest BCUT2D eigenvalue weighted by Gasteiger charge is -2.46. The standard InChI is InChI=1S/C15H28N4O/c1-17(2)15(20)14-10-16-6-7-19(14)13-8-11-4-5-12(9-13)18(11)3/h11-14,16H,4-10H2,1-3H3. The Morgan fingerprint density at radius 1 is 1.15 bits per heavy atom. The Labute approximate surface area is 122 Å². The second-order valence-electron chi connectivity index (χ2n) is 6.87. The lowest BCUT2D eigenvalue weighted by atomic mass is 9.94. The third-order valence-electron chi connectivity index (χ3n) is 5.55. The maximum absolute atomic E-state index is 12.4. The van der Waals surface area contributed by atoms with E-state index in [-0.39, 0.29) is 11.9 Å². The lowest BCUT2D eigenvalue weighted by molar-refractivity contribution is -0.137. The van der Waals surface area contributed by atoms with Crippen molar-refractivity contribution in [2.24, 2.45) is 0 Å². The van der Waals surface area contributed by atoms with E-state index in [1.54, 1.807) is 4.90 Å². The molecule has 2 bridgehead atoms. The van der Waals surface area contributed by atoms with Crippen LogP contribution in [0.15, 0.2) is 0 Å². The second-order valence-corrected chi connectivity index (χ2v) is 6.87. The molecule has 0 aliphatic carbocycles. The minimum atomic E-state index is 0.0338. The molecule has 1 amide bonds. The summed E-state index contributed by atoms with van der Waals surface area (Å²) in [5.74, 6) is 0.253. The van der Waals surface area contributed by atoms with Crippen molar-refractivity contribution in [2.45, 2.75) is 49.9 Å². The van der Waals surface area contributed by atoms with E-state index in [9.17, 15) is 4.79 Å². The van der Waals surface area contributed by atoms with Crippen LogP contribution >= 0.6 is 0 Å². The molecule has 20 heavy (non-hydrogen) atoms. The van der Waals surface area contributed by atoms with Gasteiger partial charge in [0.05, 0.1) is 0 Å². The minimum Gasteiger partial charge on any atom is -0.347 e. The molecule has 0 aromatic heterocycles. The summed E-state index contributed by atoms with van der Waals surface area (Å²) >= 11 is 0. The third-order valence-corrected chi connectivity index (χ3v) is 5.55. The molecule has 0 aromatic rings. The van der Waals surface area contributed by atoms with Crippen LogP contribution < -0.4 is 5.32 Å². The molecule has 3 heterocycles. The first-order chi connectivity index (χ1) is 9.58. The normalized spacial score (nSPS) is 39.0. The molecule has 1 N–H and O–H groups in total. The van der Waals surface area contributed by atoms with Crippen LogP contribution in [0.4, 0.5) is 0 Å². The zero-order valence-corrected chi connectivity index (χ0v) is 13.0. The summed E-state index contributed by atoms with van der Waals surface area (Å²) in [6.07, 6.45) is 5.17. The van der Waals surface area contributed by atoms with Gasteiger partial charge in [0.2, 0.25) is 5.91 Å². The van der Waals surface area contributed by atoms with Crippen molar-refractivity contribution >= 4 is 5.91 Å². The number of hydrogen-bond acceptors (Lipinski definition) is 4. The molecule has 3 aliphatic rings. The van der Waals surface area contributed by atoms with E-state index in [1.807, 2.05) is 14.1 Å². The van der Waals surface area contributed by atoms with Gasteiger partial charge in [-0.15, -0.1) is 0 Å². The number of hydrogen-bond donors (Lipinski definition) is 1. The number of likely N-dealkylation sites (N-methyl/N-ethyl adjacent to an activating group) is 1. The average molecular weight is 280 g/mol. The molecular formula is C15H28N4O. The quantitative estimate of drug-likeness (QED) is 0.771. The van der Waals surface area contributed by atoms with Gasteiger partial charge in [0.15, 0.2) is 0 Å². The van der Waals surface area contributed by atoms with Gasteiger partial charge in [-0.2, -0.15) is 0 Å². The fourth-order valence-electron chi connectivity index (χ4n) is 4.34. The van der Waals surface area contributed by atoms with Gasteiger partial charge in [-0.05, 0) is 32.7 Å². The van der Waals surface area contributed by atoms with Gasteiger partial charge in [-0.3, -0.25) is 9.69 Å². The highest BCUT2D eigenvalue weighted by molar-refractivity contribution is 5.81. The van der Waals surface area contributed by atoms with Gasteiger partial charge in [-0.1, -0.05) is 0 Å². The van der Waals surface area contributed by atoms with Crippen molar-refractivity contribution in [3.05, 3.63) is 0 Å². The van der Waals surface area contributed by atoms with E-state index in [1.165, 1.54) is 25.7 Å². The first kappa shape index (κ1) is 14.3. The lowest BCUT2D eigenvalue weighted by Crippen LogP contribution is -2.62. The molecule has 3 unspecified atom stereocenters. The molecule has 0 radical (unpaired) electrons. The van der Waals surface area contributed by atoms with Crippen LogP contribution in [-0.4, -0.2) is 85.6 Å². The molecular weight excluding hydrogens is 252 g/mol. The zero-order valence-electron chi connectivity index (χ0n) is 13.0. The molecule has 3 atom stereocenters. The zero-order chi connectivity index (χ0) is 14.3. The Morgan fingerprint density at radius 3 is 2.40 bits per heavy atom. The van der Waals surface area contributed by atoms with E-state index in [0.29, 0.717) is 6.04 Å². The summed E-state index contributed by atoms with van der Waals surface area (Å²) in [6, 6.07) is 2.11. The highest BCUT2D eigenvalue weighted by Crippen LogP contribution is 2.37. The maximum Gasteiger partial charge on any atom is 0.240 e. The van der Waals surface area contributed by atoms with E-state index < -0.39 is 0 Å². The summed E-state index contributed by atoms with van der Waals surface area (Å²) in [4.78, 5) is 19.2. The molecule has 0 saturated carbocycles. The monoisotopic (exact) mass is 280 g/mol. The van der Waals surface area contributed by atoms with E-state index in [4.69, 9.17) is 0 Å². The smallest absolute Gasteiger partial charge is 0.240 e. The largest absolute Gasteiger partial charge is 0.347 e. The first-order valence-electron chi connectivity index (χ1n) is 7.97. The fourth-order valence-corrected chi connectivity index (χ4v) is 4.34. The Morgan fingerprint density at radius 2 is 1.80 bits per heavy atom. The summed E-state index contributed by atoms with van der Waals surface area (Å²) in [5, 5.41) is 3.39. The summed E-state index contributed by atoms with van der Waals surface area (Å²) in [6.45, 7) is 2.83. The number of fused-ring (bicyclic) bond motifs is 2. The van der Waals surface area contributed by atoms with Gasteiger partial charge >= 0.3 is 0 Å². The second kappa shape index (κ2) is 5.62. The number of nitrogens with one attached hydrogen (secondary N) is 1. The van der Waals surface area contributed by atoms with Gasteiger partial charge in [0, 0.05) is 51.9 Å². The van der Waals surface area contributed by atoms with Crippen molar-refractivity contribution in [1.29, 1.82) is 0 Å². The number of rotatable bonds is 2. The molecule has 3 saturated heterocycles. The van der Waals surface area contributed by atoms with Crippen LogP contribution in [0, 0.1) is 0 Å². The summed E-state index contributed by atoms with van der Waals surface area (Å²) in [7, 11) is 6.01. The van der Waals surface area contributed by atoms with Crippen LogP contribution in [0.1, 0.15) is 25.7 Å². The number of amides is 1. The molecule has 0 aromatic carbocycles. The average Bonchev–Trinajstić information content (AvgIpc) is 2.67. The fraction of sp³-hybridized carbons (Fsp3) is 0.933. The topological polar surface area (TPSA) is 38.8 Å². The Hall–Kier alpha value is -0.650. The van der Waals surface area contributed by atoms with Gasteiger partial charge in [0.1, 0.15) is 6.04 Å². The van der Waals surface area contributed by atoms with Crippen molar-refractivity contribution in [2.75, 3.05) is 40.8 Å². The highest BCUT2D eigenvalue weighted by Gasteiger charge is 2.43. The molecule has 3 aliphatic heterocycles. The van der Waals surface area contributed by atoms with Crippen LogP contribution in [0.5, 0.6) is 0 Å². The Balaban J connectivity index is 1.72. The summed E-state index contributed by atoms with van der Waals surface area (Å²) < 4.78 is 0. The minimum absolute atomic E-state index is 0.0338. The molecule has 5 nitrogen and oxygen atoms in total. The highest BCUT2D eigenvalue weighted by atomic mass is 16.2. The molecule has 114 valence electrons. The molecule has 0 spiro atoms. The third kappa shape index (κ3) is 2.47. The van der Waals surface area contributed by atoms with Crippen LogP contribution in [-0.2, 0) is 4.79 Å². The SMILES string of the molecule is CN(C)C(=O)C1CNCCN1C1CC2CCC(C1)N2C. The van der Waals surface area contributed by atoms with Gasteiger partial charge in [-0.25, -0.2) is 0 Å². The summed E-state index contributed by atoms with van der Waals surface area (Å²) in [5.41, 5.74) is 0. The Kier molecular flexibility index (Phi) is 4.02. The van der Waals surface area contributed by atoms with Crippen LogP contribution in [0.3, 0.4) is 0 Å². The van der Waals surface area contributed by atoms with Gasteiger partial charge in [0.25, 0.3) is 0 Å². The van der Waals surface area contributed by atoms with Crippen molar-refractivity contribution in [3.8, 4) is 0 Å². The number of carbonyl (C=O) groups is 1. The number of piperidine rings is 1. The van der Waals surface area contributed by atoms with Crippen molar-refractivity contribution < 1.29 is 4.79 Å².